The first kappa shape index (κ1) is 16.4. The van der Waals surface area contributed by atoms with Crippen LogP contribution < -0.4 is 4.74 Å². The van der Waals surface area contributed by atoms with Gasteiger partial charge in [0.15, 0.2) is 0 Å². The Morgan fingerprint density at radius 1 is 0.933 bits per heavy atom. The molecule has 1 aromatic carbocycles. The van der Waals surface area contributed by atoms with Crippen molar-refractivity contribution in [2.45, 2.75) is 41.5 Å². The van der Waals surface area contributed by atoms with Gasteiger partial charge in [0.25, 0.3) is 0 Å². The second kappa shape index (κ2) is 13.0. The number of para-hydroxylation sites is 1. The Balaban J connectivity index is 0. The zero-order valence-electron chi connectivity index (χ0n) is 11.1. The third-order valence-corrected chi connectivity index (χ3v) is 1.33. The minimum atomic E-state index is 0.593. The molecule has 0 amide bonds. The third-order valence-electron chi connectivity index (χ3n) is 1.33. The van der Waals surface area contributed by atoms with Crippen molar-refractivity contribution in [2.24, 2.45) is 5.92 Å². The summed E-state index contributed by atoms with van der Waals surface area (Å²) in [6.45, 7) is 13.1. The third kappa shape index (κ3) is 10.9. The number of hydrogen-bond donors (Lipinski definition) is 0. The monoisotopic (exact) mass is 210 g/mol. The molecule has 0 bridgehead atoms. The molecule has 0 spiro atoms. The fourth-order valence-corrected chi connectivity index (χ4v) is 0.780. The molecule has 0 saturated carbocycles. The van der Waals surface area contributed by atoms with Gasteiger partial charge in [0.1, 0.15) is 5.75 Å². The number of hydrogen-bond acceptors (Lipinski definition) is 1. The number of benzene rings is 1. The summed E-state index contributed by atoms with van der Waals surface area (Å²) in [4.78, 5) is 0. The molecule has 0 heterocycles. The van der Waals surface area contributed by atoms with E-state index in [4.69, 9.17) is 4.74 Å². The summed E-state index contributed by atoms with van der Waals surface area (Å²) in [6, 6.07) is 9.90. The topological polar surface area (TPSA) is 9.23 Å². The van der Waals surface area contributed by atoms with Gasteiger partial charge in [-0.15, -0.1) is 0 Å². The molecule has 0 radical (unpaired) electrons. The highest BCUT2D eigenvalue weighted by molar-refractivity contribution is 5.20. The number of ether oxygens (including phenoxy) is 1. The maximum Gasteiger partial charge on any atom is 0.119 e. The summed E-state index contributed by atoms with van der Waals surface area (Å²) in [5.74, 6) is 1.55. The molecule has 0 atom stereocenters. The first-order chi connectivity index (χ1) is 7.29. The van der Waals surface area contributed by atoms with Crippen molar-refractivity contribution in [1.82, 2.24) is 0 Å². The minimum absolute atomic E-state index is 0.593. The fraction of sp³-hybridized carbons (Fsp3) is 0.571. The molecule has 0 aromatic heterocycles. The first-order valence-electron chi connectivity index (χ1n) is 5.97. The van der Waals surface area contributed by atoms with Gasteiger partial charge in [-0.3, -0.25) is 0 Å². The lowest BCUT2D eigenvalue weighted by Gasteiger charge is -2.07. The zero-order valence-corrected chi connectivity index (χ0v) is 11.1. The largest absolute Gasteiger partial charge is 0.493 e. The average molecular weight is 210 g/mol. The molecule has 15 heavy (non-hydrogen) atoms. The Bertz CT molecular complexity index is 192. The molecule has 0 N–H and O–H groups in total. The van der Waals surface area contributed by atoms with E-state index in [0.29, 0.717) is 5.92 Å². The Labute approximate surface area is 95.5 Å². The summed E-state index contributed by atoms with van der Waals surface area (Å²) in [7, 11) is 0. The highest BCUT2D eigenvalue weighted by Crippen LogP contribution is 2.09. The van der Waals surface area contributed by atoms with Crippen molar-refractivity contribution in [2.75, 3.05) is 6.61 Å². The van der Waals surface area contributed by atoms with Gasteiger partial charge in [0.2, 0.25) is 0 Å². The maximum absolute atomic E-state index is 5.47. The van der Waals surface area contributed by atoms with Gasteiger partial charge in [-0.25, -0.2) is 0 Å². The van der Waals surface area contributed by atoms with Crippen molar-refractivity contribution in [3.8, 4) is 5.75 Å². The van der Waals surface area contributed by atoms with Crippen molar-refractivity contribution in [1.29, 1.82) is 0 Å². The van der Waals surface area contributed by atoms with Crippen LogP contribution in [0.3, 0.4) is 0 Å². The molecule has 0 unspecified atom stereocenters. The van der Waals surface area contributed by atoms with Crippen molar-refractivity contribution in [3.63, 3.8) is 0 Å². The summed E-state index contributed by atoms with van der Waals surface area (Å²) in [5, 5.41) is 0. The van der Waals surface area contributed by atoms with Crippen LogP contribution in [0.5, 0.6) is 5.75 Å². The molecule has 0 fully saturated rings. The highest BCUT2D eigenvalue weighted by Gasteiger charge is 1.94. The van der Waals surface area contributed by atoms with Crippen LogP contribution in [0.25, 0.3) is 0 Å². The van der Waals surface area contributed by atoms with Crippen LogP contribution in [0.1, 0.15) is 41.5 Å². The van der Waals surface area contributed by atoms with E-state index >= 15 is 0 Å². The molecule has 1 aromatic rings. The van der Waals surface area contributed by atoms with E-state index in [1.54, 1.807) is 0 Å². The lowest BCUT2D eigenvalue weighted by Crippen LogP contribution is -2.03. The number of rotatable bonds is 3. The van der Waals surface area contributed by atoms with E-state index in [9.17, 15) is 0 Å². The van der Waals surface area contributed by atoms with Crippen molar-refractivity contribution in [3.05, 3.63) is 30.3 Å². The van der Waals surface area contributed by atoms with Crippen LogP contribution in [0.2, 0.25) is 0 Å². The second-order valence-corrected chi connectivity index (χ2v) is 3.02. The predicted molar refractivity (Wildman–Crippen MR) is 69.5 cm³/mol. The van der Waals surface area contributed by atoms with Gasteiger partial charge >= 0.3 is 0 Å². The lowest BCUT2D eigenvalue weighted by atomic mass is 10.2. The summed E-state index contributed by atoms with van der Waals surface area (Å²) >= 11 is 0. The Hall–Kier alpha value is -0.980. The smallest absolute Gasteiger partial charge is 0.119 e. The molecule has 0 saturated heterocycles. The van der Waals surface area contributed by atoms with Crippen molar-refractivity contribution < 1.29 is 4.74 Å². The maximum atomic E-state index is 5.47. The van der Waals surface area contributed by atoms with E-state index in [2.05, 4.69) is 13.8 Å². The van der Waals surface area contributed by atoms with E-state index < -0.39 is 0 Å². The van der Waals surface area contributed by atoms with Gasteiger partial charge in [-0.05, 0) is 18.1 Å². The molecular formula is C14H26O. The van der Waals surface area contributed by atoms with Gasteiger partial charge < -0.3 is 4.74 Å². The molecular weight excluding hydrogens is 184 g/mol. The molecule has 1 rings (SSSR count). The molecule has 1 nitrogen and oxygen atoms in total. The van der Waals surface area contributed by atoms with Crippen LogP contribution in [0, 0.1) is 5.92 Å². The van der Waals surface area contributed by atoms with E-state index in [1.165, 1.54) is 0 Å². The van der Waals surface area contributed by atoms with E-state index in [-0.39, 0.29) is 0 Å². The normalized spacial score (nSPS) is 8.20. The quantitative estimate of drug-likeness (QED) is 0.698. The van der Waals surface area contributed by atoms with Crippen molar-refractivity contribution >= 4 is 0 Å². The summed E-state index contributed by atoms with van der Waals surface area (Å²) in [5.41, 5.74) is 0. The van der Waals surface area contributed by atoms with Gasteiger partial charge in [-0.1, -0.05) is 59.7 Å². The Kier molecular flexibility index (Phi) is 14.3. The summed E-state index contributed by atoms with van der Waals surface area (Å²) < 4.78 is 5.47. The minimum Gasteiger partial charge on any atom is -0.493 e. The van der Waals surface area contributed by atoms with Crippen LogP contribution in [0.15, 0.2) is 30.3 Å². The highest BCUT2D eigenvalue weighted by atomic mass is 16.5. The van der Waals surface area contributed by atoms with Gasteiger partial charge in [0.05, 0.1) is 6.61 Å². The molecule has 0 aliphatic rings. The SMILES string of the molecule is CC.CC.CC(C)COc1ccccc1. The Morgan fingerprint density at radius 2 is 1.40 bits per heavy atom. The average Bonchev–Trinajstić information content (AvgIpc) is 2.33. The Morgan fingerprint density at radius 3 is 1.80 bits per heavy atom. The fourth-order valence-electron chi connectivity index (χ4n) is 0.780. The lowest BCUT2D eigenvalue weighted by molar-refractivity contribution is 0.271. The molecule has 0 aliphatic carbocycles. The van der Waals surface area contributed by atoms with Crippen LogP contribution in [0.4, 0.5) is 0 Å². The first-order valence-corrected chi connectivity index (χ1v) is 5.97. The van der Waals surface area contributed by atoms with Crippen LogP contribution in [-0.4, -0.2) is 6.61 Å². The standard InChI is InChI=1S/C10H14O.2C2H6/c1-9(2)8-11-10-6-4-3-5-7-10;2*1-2/h3-7,9H,8H2,1-2H3;2*1-2H3. The zero-order chi connectivity index (χ0) is 12.1. The second-order valence-electron chi connectivity index (χ2n) is 3.02. The summed E-state index contributed by atoms with van der Waals surface area (Å²) in [6.07, 6.45) is 0. The van der Waals surface area contributed by atoms with E-state index in [0.717, 1.165) is 12.4 Å². The van der Waals surface area contributed by atoms with Crippen LogP contribution in [-0.2, 0) is 0 Å². The molecule has 1 heteroatoms. The molecule has 0 aliphatic heterocycles. The van der Waals surface area contributed by atoms with E-state index in [1.807, 2.05) is 58.0 Å². The van der Waals surface area contributed by atoms with Gasteiger partial charge in [0, 0.05) is 0 Å². The van der Waals surface area contributed by atoms with Gasteiger partial charge in [-0.2, -0.15) is 0 Å². The van der Waals surface area contributed by atoms with Crippen LogP contribution >= 0.6 is 0 Å². The predicted octanol–water partition coefficient (Wildman–Crippen LogP) is 4.77. The molecule has 88 valence electrons.